The van der Waals surface area contributed by atoms with E-state index < -0.39 is 11.9 Å². The molecule has 146 valence electrons. The van der Waals surface area contributed by atoms with Crippen molar-refractivity contribution in [2.45, 2.75) is 18.8 Å². The van der Waals surface area contributed by atoms with Gasteiger partial charge in [0.05, 0.1) is 6.20 Å². The Morgan fingerprint density at radius 3 is 2.75 bits per heavy atom. The van der Waals surface area contributed by atoms with Gasteiger partial charge in [0, 0.05) is 30.3 Å². The van der Waals surface area contributed by atoms with Crippen molar-refractivity contribution in [3.63, 3.8) is 0 Å². The third-order valence-electron chi connectivity index (χ3n) is 5.20. The number of H-pyrrole nitrogens is 1. The van der Waals surface area contributed by atoms with Gasteiger partial charge in [0.15, 0.2) is 0 Å². The molecule has 0 spiro atoms. The van der Waals surface area contributed by atoms with Crippen LogP contribution in [0.4, 0.5) is 9.18 Å². The van der Waals surface area contributed by atoms with Gasteiger partial charge in [-0.1, -0.05) is 12.1 Å². The number of benzene rings is 1. The van der Waals surface area contributed by atoms with E-state index in [1.165, 1.54) is 17.0 Å². The fourth-order valence-corrected chi connectivity index (χ4v) is 3.78. The molecule has 9 heteroatoms. The summed E-state index contributed by atoms with van der Waals surface area (Å²) >= 11 is 0. The highest BCUT2D eigenvalue weighted by atomic mass is 19.1. The molecule has 2 aliphatic rings. The molecule has 0 bridgehead atoms. The van der Waals surface area contributed by atoms with E-state index in [1.54, 1.807) is 23.2 Å². The van der Waals surface area contributed by atoms with E-state index in [0.29, 0.717) is 13.1 Å². The Hall–Kier alpha value is -3.23. The first kappa shape index (κ1) is 18.1. The number of hydrogen-bond donors (Lipinski definition) is 2. The van der Waals surface area contributed by atoms with Crippen molar-refractivity contribution in [3.8, 4) is 11.1 Å². The third-order valence-corrected chi connectivity index (χ3v) is 5.20. The Bertz CT molecular complexity index is 911. The number of carbonyl (C=O) groups is 3. The predicted molar refractivity (Wildman–Crippen MR) is 97.6 cm³/mol. The molecule has 0 unspecified atom stereocenters. The number of carbonyl (C=O) groups excluding carboxylic acids is 3. The van der Waals surface area contributed by atoms with Crippen molar-refractivity contribution in [1.29, 1.82) is 0 Å². The molecular weight excluding hydrogens is 365 g/mol. The van der Waals surface area contributed by atoms with Gasteiger partial charge in [0.1, 0.15) is 18.9 Å². The van der Waals surface area contributed by atoms with Crippen molar-refractivity contribution >= 4 is 17.8 Å². The number of nitrogens with one attached hydrogen (secondary N) is 2. The number of likely N-dealkylation sites (tertiary alicyclic amines) is 1. The molecule has 1 atom stereocenters. The van der Waals surface area contributed by atoms with E-state index in [0.717, 1.165) is 29.7 Å². The highest BCUT2D eigenvalue weighted by Gasteiger charge is 2.32. The van der Waals surface area contributed by atoms with E-state index in [-0.39, 0.29) is 30.7 Å². The van der Waals surface area contributed by atoms with Gasteiger partial charge in [-0.25, -0.2) is 9.18 Å². The maximum absolute atomic E-state index is 13.2. The molecule has 2 saturated heterocycles. The minimum atomic E-state index is -0.529. The molecule has 2 N–H and O–H groups in total. The minimum absolute atomic E-state index is 0.0642. The van der Waals surface area contributed by atoms with Gasteiger partial charge < -0.3 is 9.80 Å². The van der Waals surface area contributed by atoms with Crippen molar-refractivity contribution in [2.75, 3.05) is 26.2 Å². The van der Waals surface area contributed by atoms with Crippen LogP contribution in [0.15, 0.2) is 30.5 Å². The summed E-state index contributed by atoms with van der Waals surface area (Å²) in [5.74, 6) is -0.810. The number of hydrogen-bond acceptors (Lipinski definition) is 4. The van der Waals surface area contributed by atoms with Gasteiger partial charge in [-0.05, 0) is 30.5 Å². The van der Waals surface area contributed by atoms with Crippen LogP contribution in [-0.4, -0.2) is 64.0 Å². The zero-order chi connectivity index (χ0) is 19.7. The van der Waals surface area contributed by atoms with Crippen LogP contribution in [-0.2, 0) is 9.59 Å². The molecule has 2 fully saturated rings. The van der Waals surface area contributed by atoms with Gasteiger partial charge in [-0.3, -0.25) is 20.0 Å². The number of aromatic nitrogens is 2. The first-order valence-electron chi connectivity index (χ1n) is 9.17. The second-order valence-corrected chi connectivity index (χ2v) is 7.09. The van der Waals surface area contributed by atoms with Gasteiger partial charge >= 0.3 is 6.03 Å². The number of aromatic amines is 1. The van der Waals surface area contributed by atoms with Gasteiger partial charge in [0.2, 0.25) is 11.8 Å². The SMILES string of the molecule is O=C1CN(CC(=O)N2CCC[C@H](c3[nH]ncc3-c3ccc(F)cc3)C2)C(=O)N1. The molecule has 1 aromatic carbocycles. The van der Waals surface area contributed by atoms with E-state index >= 15 is 0 Å². The van der Waals surface area contributed by atoms with E-state index in [9.17, 15) is 18.8 Å². The standard InChI is InChI=1S/C19H20FN5O3/c20-14-5-3-12(4-6-14)15-8-21-23-18(15)13-2-1-7-24(9-13)17(27)11-25-10-16(26)22-19(25)28/h3-6,8,13H,1-2,7,9-11H2,(H,21,23)(H,22,26,28)/t13-/m0/s1. The molecule has 3 heterocycles. The summed E-state index contributed by atoms with van der Waals surface area (Å²) < 4.78 is 13.2. The smallest absolute Gasteiger partial charge is 0.325 e. The Morgan fingerprint density at radius 2 is 2.04 bits per heavy atom. The van der Waals surface area contributed by atoms with Crippen LogP contribution in [0, 0.1) is 5.82 Å². The van der Waals surface area contributed by atoms with Crippen LogP contribution in [0.2, 0.25) is 0 Å². The van der Waals surface area contributed by atoms with Crippen LogP contribution in [0.1, 0.15) is 24.5 Å². The number of imide groups is 1. The normalized spacial score (nSPS) is 19.8. The summed E-state index contributed by atoms with van der Waals surface area (Å²) in [4.78, 5) is 38.5. The minimum Gasteiger partial charge on any atom is -0.340 e. The second kappa shape index (κ2) is 7.41. The monoisotopic (exact) mass is 385 g/mol. The largest absolute Gasteiger partial charge is 0.340 e. The van der Waals surface area contributed by atoms with E-state index in [1.807, 2.05) is 0 Å². The lowest BCUT2D eigenvalue weighted by molar-refractivity contribution is -0.133. The number of nitrogens with zero attached hydrogens (tertiary/aromatic N) is 3. The molecule has 2 aromatic rings. The van der Waals surface area contributed by atoms with Gasteiger partial charge in [-0.2, -0.15) is 5.10 Å². The predicted octanol–water partition coefficient (Wildman–Crippen LogP) is 1.47. The summed E-state index contributed by atoms with van der Waals surface area (Å²) in [6.07, 6.45) is 3.43. The Labute approximate surface area is 160 Å². The maximum atomic E-state index is 13.2. The van der Waals surface area contributed by atoms with E-state index in [4.69, 9.17) is 0 Å². The van der Waals surface area contributed by atoms with Gasteiger partial charge in [0.25, 0.3) is 0 Å². The van der Waals surface area contributed by atoms with E-state index in [2.05, 4.69) is 15.5 Å². The lowest BCUT2D eigenvalue weighted by atomic mass is 9.90. The summed E-state index contributed by atoms with van der Waals surface area (Å²) in [7, 11) is 0. The number of halogens is 1. The van der Waals surface area contributed by atoms with Crippen molar-refractivity contribution in [2.24, 2.45) is 0 Å². The molecule has 0 radical (unpaired) electrons. The fraction of sp³-hybridized carbons (Fsp3) is 0.368. The zero-order valence-electron chi connectivity index (χ0n) is 15.2. The number of amides is 4. The first-order chi connectivity index (χ1) is 13.5. The molecule has 0 aliphatic carbocycles. The Balaban J connectivity index is 1.47. The molecule has 4 amide bonds. The average molecular weight is 385 g/mol. The lowest BCUT2D eigenvalue weighted by Crippen LogP contribution is -2.45. The second-order valence-electron chi connectivity index (χ2n) is 7.09. The van der Waals surface area contributed by atoms with Crippen molar-refractivity contribution in [3.05, 3.63) is 42.0 Å². The highest BCUT2D eigenvalue weighted by molar-refractivity contribution is 6.03. The molecule has 8 nitrogen and oxygen atoms in total. The number of piperidine rings is 1. The Morgan fingerprint density at radius 1 is 1.25 bits per heavy atom. The Kier molecular flexibility index (Phi) is 4.81. The number of rotatable bonds is 4. The topological polar surface area (TPSA) is 98.4 Å². The molecule has 28 heavy (non-hydrogen) atoms. The van der Waals surface area contributed by atoms with Crippen LogP contribution in [0.3, 0.4) is 0 Å². The zero-order valence-corrected chi connectivity index (χ0v) is 15.2. The summed E-state index contributed by atoms with van der Waals surface area (Å²) in [6.45, 7) is 0.909. The fourth-order valence-electron chi connectivity index (χ4n) is 3.78. The third kappa shape index (κ3) is 3.60. The molecule has 4 rings (SSSR count). The number of urea groups is 1. The summed E-state index contributed by atoms with van der Waals surface area (Å²) in [5.41, 5.74) is 2.67. The molecule has 2 aliphatic heterocycles. The highest BCUT2D eigenvalue weighted by Crippen LogP contribution is 2.33. The molecular formula is C19H20FN5O3. The molecule has 1 aromatic heterocycles. The van der Waals surface area contributed by atoms with Crippen LogP contribution >= 0.6 is 0 Å². The van der Waals surface area contributed by atoms with Crippen LogP contribution in [0.25, 0.3) is 11.1 Å². The quantitative estimate of drug-likeness (QED) is 0.779. The molecule has 0 saturated carbocycles. The first-order valence-corrected chi connectivity index (χ1v) is 9.17. The van der Waals surface area contributed by atoms with Crippen LogP contribution in [0.5, 0.6) is 0 Å². The summed E-state index contributed by atoms with van der Waals surface area (Å²) in [6, 6.07) is 5.70. The van der Waals surface area contributed by atoms with Crippen molar-refractivity contribution < 1.29 is 18.8 Å². The summed E-state index contributed by atoms with van der Waals surface area (Å²) in [5, 5.41) is 9.35. The van der Waals surface area contributed by atoms with Gasteiger partial charge in [-0.15, -0.1) is 0 Å². The average Bonchev–Trinajstić information content (AvgIpc) is 3.29. The van der Waals surface area contributed by atoms with Crippen molar-refractivity contribution in [1.82, 2.24) is 25.3 Å². The maximum Gasteiger partial charge on any atom is 0.325 e. The van der Waals surface area contributed by atoms with Crippen LogP contribution < -0.4 is 5.32 Å². The lowest BCUT2D eigenvalue weighted by Gasteiger charge is -2.33.